The standard InChI is InChI=1S/C16H17FN4/c1-11(9-12-3-5-13(17)6-4-12)20-16-15-14(7-8-18-16)21(2)10-19-15/h3-8,10-11H,9H2,1-2H3,(H,18,20). The number of halogens is 1. The van der Waals surface area contributed by atoms with Gasteiger partial charge in [0.1, 0.15) is 11.3 Å². The summed E-state index contributed by atoms with van der Waals surface area (Å²) in [6, 6.07) is 8.71. The van der Waals surface area contributed by atoms with Crippen LogP contribution >= 0.6 is 0 Å². The number of hydrogen-bond donors (Lipinski definition) is 1. The average Bonchev–Trinajstić information content (AvgIpc) is 2.84. The number of nitrogens with one attached hydrogen (secondary N) is 1. The summed E-state index contributed by atoms with van der Waals surface area (Å²) < 4.78 is 14.9. The van der Waals surface area contributed by atoms with E-state index in [0.29, 0.717) is 0 Å². The van der Waals surface area contributed by atoms with Crippen molar-refractivity contribution in [1.29, 1.82) is 0 Å². The molecule has 21 heavy (non-hydrogen) atoms. The molecule has 108 valence electrons. The number of aromatic nitrogens is 3. The smallest absolute Gasteiger partial charge is 0.154 e. The lowest BCUT2D eigenvalue weighted by Gasteiger charge is -2.15. The third-order valence-corrected chi connectivity index (χ3v) is 3.48. The van der Waals surface area contributed by atoms with Crippen LogP contribution in [0.5, 0.6) is 0 Å². The van der Waals surface area contributed by atoms with Gasteiger partial charge in [-0.2, -0.15) is 0 Å². The van der Waals surface area contributed by atoms with Crippen LogP contribution in [0.2, 0.25) is 0 Å². The number of rotatable bonds is 4. The van der Waals surface area contributed by atoms with Crippen molar-refractivity contribution in [3.05, 3.63) is 54.2 Å². The molecular weight excluding hydrogens is 267 g/mol. The Morgan fingerprint density at radius 2 is 1.95 bits per heavy atom. The van der Waals surface area contributed by atoms with Crippen LogP contribution < -0.4 is 5.32 Å². The monoisotopic (exact) mass is 284 g/mol. The molecule has 0 amide bonds. The summed E-state index contributed by atoms with van der Waals surface area (Å²) in [5.74, 6) is 0.571. The highest BCUT2D eigenvalue weighted by molar-refractivity contribution is 5.85. The Balaban J connectivity index is 1.77. The number of pyridine rings is 1. The Kier molecular flexibility index (Phi) is 3.56. The molecule has 1 N–H and O–H groups in total. The van der Waals surface area contributed by atoms with Crippen LogP contribution in [-0.4, -0.2) is 20.6 Å². The summed E-state index contributed by atoms with van der Waals surface area (Å²) in [6.07, 6.45) is 4.35. The van der Waals surface area contributed by atoms with Gasteiger partial charge in [-0.05, 0) is 37.1 Å². The van der Waals surface area contributed by atoms with Crippen molar-refractivity contribution < 1.29 is 4.39 Å². The quantitative estimate of drug-likeness (QED) is 0.800. The SMILES string of the molecule is CC(Cc1ccc(F)cc1)Nc1nccc2c1ncn2C. The Hall–Kier alpha value is -2.43. The summed E-state index contributed by atoms with van der Waals surface area (Å²) in [5, 5.41) is 3.38. The minimum atomic E-state index is -0.209. The van der Waals surface area contributed by atoms with Gasteiger partial charge in [-0.1, -0.05) is 12.1 Å². The van der Waals surface area contributed by atoms with E-state index < -0.39 is 0 Å². The zero-order chi connectivity index (χ0) is 14.8. The largest absolute Gasteiger partial charge is 0.365 e. The minimum Gasteiger partial charge on any atom is -0.365 e. The van der Waals surface area contributed by atoms with Crippen molar-refractivity contribution in [2.45, 2.75) is 19.4 Å². The van der Waals surface area contributed by atoms with Gasteiger partial charge in [0.15, 0.2) is 5.82 Å². The van der Waals surface area contributed by atoms with Gasteiger partial charge in [0.2, 0.25) is 0 Å². The van der Waals surface area contributed by atoms with Crippen LogP contribution in [-0.2, 0) is 13.5 Å². The van der Waals surface area contributed by atoms with Crippen molar-refractivity contribution in [1.82, 2.24) is 14.5 Å². The number of imidazole rings is 1. The Morgan fingerprint density at radius 3 is 2.71 bits per heavy atom. The van der Waals surface area contributed by atoms with E-state index in [0.717, 1.165) is 28.8 Å². The lowest BCUT2D eigenvalue weighted by atomic mass is 10.1. The van der Waals surface area contributed by atoms with E-state index in [4.69, 9.17) is 0 Å². The molecule has 0 saturated carbocycles. The first-order valence-corrected chi connectivity index (χ1v) is 6.90. The van der Waals surface area contributed by atoms with Gasteiger partial charge in [0.05, 0.1) is 11.8 Å². The van der Waals surface area contributed by atoms with Gasteiger partial charge in [-0.15, -0.1) is 0 Å². The normalized spacial score (nSPS) is 12.5. The molecule has 0 aliphatic rings. The molecule has 0 saturated heterocycles. The number of aryl methyl sites for hydroxylation is 1. The number of fused-ring (bicyclic) bond motifs is 1. The van der Waals surface area contributed by atoms with E-state index >= 15 is 0 Å². The molecule has 3 aromatic rings. The van der Waals surface area contributed by atoms with Gasteiger partial charge >= 0.3 is 0 Å². The molecule has 2 heterocycles. The van der Waals surface area contributed by atoms with Gasteiger partial charge in [-0.25, -0.2) is 14.4 Å². The van der Waals surface area contributed by atoms with E-state index in [9.17, 15) is 4.39 Å². The first-order chi connectivity index (χ1) is 10.1. The molecule has 0 radical (unpaired) electrons. The number of benzene rings is 1. The van der Waals surface area contributed by atoms with E-state index in [1.54, 1.807) is 12.5 Å². The van der Waals surface area contributed by atoms with Crippen LogP contribution in [0.25, 0.3) is 11.0 Å². The second kappa shape index (κ2) is 5.52. The molecule has 0 bridgehead atoms. The molecular formula is C16H17FN4. The van der Waals surface area contributed by atoms with Crippen molar-refractivity contribution in [2.75, 3.05) is 5.32 Å². The van der Waals surface area contributed by atoms with Crippen molar-refractivity contribution in [3.8, 4) is 0 Å². The summed E-state index contributed by atoms with van der Waals surface area (Å²) >= 11 is 0. The lowest BCUT2D eigenvalue weighted by molar-refractivity contribution is 0.626. The van der Waals surface area contributed by atoms with Gasteiger partial charge in [0.25, 0.3) is 0 Å². The van der Waals surface area contributed by atoms with E-state index in [-0.39, 0.29) is 11.9 Å². The number of nitrogens with zero attached hydrogens (tertiary/aromatic N) is 3. The Bertz CT molecular complexity index is 749. The molecule has 0 fully saturated rings. The fraction of sp³-hybridized carbons (Fsp3) is 0.250. The maximum Gasteiger partial charge on any atom is 0.154 e. The average molecular weight is 284 g/mol. The molecule has 4 nitrogen and oxygen atoms in total. The van der Waals surface area contributed by atoms with E-state index in [1.165, 1.54) is 12.1 Å². The van der Waals surface area contributed by atoms with Crippen LogP contribution in [0.4, 0.5) is 10.2 Å². The van der Waals surface area contributed by atoms with Crippen molar-refractivity contribution >= 4 is 16.9 Å². The highest BCUT2D eigenvalue weighted by atomic mass is 19.1. The number of hydrogen-bond acceptors (Lipinski definition) is 3. The topological polar surface area (TPSA) is 42.7 Å². The second-order valence-electron chi connectivity index (χ2n) is 5.26. The highest BCUT2D eigenvalue weighted by Gasteiger charge is 2.10. The third kappa shape index (κ3) is 2.86. The Labute approximate surface area is 122 Å². The molecule has 0 aliphatic carbocycles. The predicted molar refractivity (Wildman–Crippen MR) is 81.7 cm³/mol. The van der Waals surface area contributed by atoms with E-state index in [2.05, 4.69) is 22.2 Å². The van der Waals surface area contributed by atoms with Crippen LogP contribution in [0.1, 0.15) is 12.5 Å². The fourth-order valence-electron chi connectivity index (χ4n) is 2.43. The third-order valence-electron chi connectivity index (χ3n) is 3.48. The molecule has 0 aliphatic heterocycles. The van der Waals surface area contributed by atoms with Gasteiger partial charge < -0.3 is 9.88 Å². The molecule has 1 atom stereocenters. The predicted octanol–water partition coefficient (Wildman–Crippen LogP) is 3.15. The summed E-state index contributed by atoms with van der Waals surface area (Å²) in [5.41, 5.74) is 3.00. The summed E-state index contributed by atoms with van der Waals surface area (Å²) in [6.45, 7) is 2.08. The maximum atomic E-state index is 12.9. The minimum absolute atomic E-state index is 0.176. The summed E-state index contributed by atoms with van der Waals surface area (Å²) in [7, 11) is 1.96. The van der Waals surface area contributed by atoms with Crippen molar-refractivity contribution in [3.63, 3.8) is 0 Å². The molecule has 1 unspecified atom stereocenters. The molecule has 1 aromatic carbocycles. The fourth-order valence-corrected chi connectivity index (χ4v) is 2.43. The van der Waals surface area contributed by atoms with Crippen molar-refractivity contribution in [2.24, 2.45) is 7.05 Å². The zero-order valence-electron chi connectivity index (χ0n) is 12.0. The molecule has 3 rings (SSSR count). The van der Waals surface area contributed by atoms with Crippen LogP contribution in [0.15, 0.2) is 42.9 Å². The molecule has 5 heteroatoms. The lowest BCUT2D eigenvalue weighted by Crippen LogP contribution is -2.19. The summed E-state index contributed by atoms with van der Waals surface area (Å²) in [4.78, 5) is 8.75. The molecule has 0 spiro atoms. The van der Waals surface area contributed by atoms with Crippen LogP contribution in [0.3, 0.4) is 0 Å². The highest BCUT2D eigenvalue weighted by Crippen LogP contribution is 2.20. The van der Waals surface area contributed by atoms with Gasteiger partial charge in [-0.3, -0.25) is 0 Å². The first kappa shape index (κ1) is 13.5. The second-order valence-corrected chi connectivity index (χ2v) is 5.26. The first-order valence-electron chi connectivity index (χ1n) is 6.90. The number of anilines is 1. The Morgan fingerprint density at radius 1 is 1.19 bits per heavy atom. The van der Waals surface area contributed by atoms with E-state index in [1.807, 2.05) is 29.8 Å². The molecule has 2 aromatic heterocycles. The van der Waals surface area contributed by atoms with Gasteiger partial charge in [0, 0.05) is 19.3 Å². The zero-order valence-corrected chi connectivity index (χ0v) is 12.0. The van der Waals surface area contributed by atoms with Crippen LogP contribution in [0, 0.1) is 5.82 Å². The maximum absolute atomic E-state index is 12.9.